The van der Waals surface area contributed by atoms with E-state index in [-0.39, 0.29) is 36.1 Å². The van der Waals surface area contributed by atoms with Gasteiger partial charge in [-0.2, -0.15) is 4.31 Å². The molecule has 1 saturated heterocycles. The number of amides is 1. The Morgan fingerprint density at radius 3 is 2.41 bits per heavy atom. The highest BCUT2D eigenvalue weighted by Crippen LogP contribution is 2.23. The summed E-state index contributed by atoms with van der Waals surface area (Å²) in [7, 11) is -3.81. The van der Waals surface area contributed by atoms with E-state index < -0.39 is 16.0 Å². The van der Waals surface area contributed by atoms with Crippen LogP contribution in [-0.2, 0) is 26.2 Å². The lowest BCUT2D eigenvalue weighted by Gasteiger charge is -2.33. The molecular formula is C24H25N3O6S. The van der Waals surface area contributed by atoms with E-state index in [0.717, 1.165) is 5.56 Å². The molecule has 0 unspecified atom stereocenters. The first-order valence-electron chi connectivity index (χ1n) is 10.8. The summed E-state index contributed by atoms with van der Waals surface area (Å²) in [6, 6.07) is 15.1. The number of aromatic nitrogens is 1. The first-order chi connectivity index (χ1) is 16.3. The largest absolute Gasteiger partial charge is 0.455 e. The number of aryl methyl sites for hydroxylation is 1. The van der Waals surface area contributed by atoms with Crippen molar-refractivity contribution in [2.24, 2.45) is 0 Å². The van der Waals surface area contributed by atoms with Gasteiger partial charge in [-0.15, -0.1) is 0 Å². The Labute approximate surface area is 198 Å². The van der Waals surface area contributed by atoms with Crippen molar-refractivity contribution in [3.05, 3.63) is 71.6 Å². The normalized spacial score (nSPS) is 14.7. The van der Waals surface area contributed by atoms with Gasteiger partial charge < -0.3 is 14.1 Å². The van der Waals surface area contributed by atoms with Crippen molar-refractivity contribution in [3.63, 3.8) is 0 Å². The first-order valence-corrected chi connectivity index (χ1v) is 12.2. The monoisotopic (exact) mass is 483 g/mol. The topological polar surface area (TPSA) is 110 Å². The van der Waals surface area contributed by atoms with Gasteiger partial charge in [0.2, 0.25) is 21.8 Å². The molecule has 0 spiro atoms. The van der Waals surface area contributed by atoms with Gasteiger partial charge in [0.15, 0.2) is 0 Å². The molecule has 178 valence electrons. The number of carbonyl (C=O) groups excluding carboxylic acids is 2. The molecule has 4 rings (SSSR count). The maximum absolute atomic E-state index is 13.0. The highest BCUT2D eigenvalue weighted by Gasteiger charge is 2.29. The zero-order chi connectivity index (χ0) is 24.3. The number of sulfonamides is 1. The predicted octanol–water partition coefficient (Wildman–Crippen LogP) is 2.86. The van der Waals surface area contributed by atoms with Gasteiger partial charge >= 0.3 is 5.97 Å². The molecule has 0 aliphatic carbocycles. The van der Waals surface area contributed by atoms with Crippen LogP contribution < -0.4 is 0 Å². The Morgan fingerprint density at radius 1 is 1.03 bits per heavy atom. The highest BCUT2D eigenvalue weighted by atomic mass is 32.2. The molecule has 1 aliphatic rings. The Bertz CT molecular complexity index is 1300. The van der Waals surface area contributed by atoms with Crippen LogP contribution >= 0.6 is 0 Å². The second-order valence-electron chi connectivity index (χ2n) is 7.90. The second kappa shape index (κ2) is 9.78. The van der Waals surface area contributed by atoms with Crippen molar-refractivity contribution in [2.75, 3.05) is 26.2 Å². The standard InChI is InChI=1S/C24H25N3O6S/c1-17-22(25-23(33-17)19-7-4-3-5-8-19)16-32-24(29)20-9-6-10-21(15-20)34(30,31)27-13-11-26(12-14-27)18(2)28/h3-10,15H,11-14,16H2,1-2H3. The number of oxazole rings is 1. The van der Waals surface area contributed by atoms with E-state index in [4.69, 9.17) is 9.15 Å². The molecule has 1 aliphatic heterocycles. The van der Waals surface area contributed by atoms with Crippen LogP contribution in [0.4, 0.5) is 0 Å². The number of hydrogen-bond donors (Lipinski definition) is 0. The minimum Gasteiger partial charge on any atom is -0.455 e. The van der Waals surface area contributed by atoms with E-state index in [0.29, 0.717) is 30.4 Å². The summed E-state index contributed by atoms with van der Waals surface area (Å²) in [6.07, 6.45) is 0. The third-order valence-corrected chi connectivity index (χ3v) is 7.54. The molecule has 0 N–H and O–H groups in total. The number of esters is 1. The van der Waals surface area contributed by atoms with E-state index >= 15 is 0 Å². The lowest BCUT2D eigenvalue weighted by molar-refractivity contribution is -0.129. The summed E-state index contributed by atoms with van der Waals surface area (Å²) >= 11 is 0. The van der Waals surface area contributed by atoms with Crippen LogP contribution in [0.5, 0.6) is 0 Å². The number of nitrogens with zero attached hydrogens (tertiary/aromatic N) is 3. The zero-order valence-electron chi connectivity index (χ0n) is 18.9. The lowest BCUT2D eigenvalue weighted by atomic mass is 10.2. The molecule has 1 fully saturated rings. The Morgan fingerprint density at radius 2 is 1.74 bits per heavy atom. The van der Waals surface area contributed by atoms with Gasteiger partial charge in [0.1, 0.15) is 18.1 Å². The molecule has 2 aromatic carbocycles. The average Bonchev–Trinajstić information content (AvgIpc) is 3.23. The number of ether oxygens (including phenoxy) is 1. The minimum atomic E-state index is -3.81. The first kappa shape index (κ1) is 23.7. The summed E-state index contributed by atoms with van der Waals surface area (Å²) in [4.78, 5) is 30.2. The maximum Gasteiger partial charge on any atom is 0.338 e. The molecule has 0 bridgehead atoms. The second-order valence-corrected chi connectivity index (χ2v) is 9.84. The van der Waals surface area contributed by atoms with Gasteiger partial charge in [-0.05, 0) is 37.3 Å². The number of rotatable bonds is 6. The summed E-state index contributed by atoms with van der Waals surface area (Å²) < 4.78 is 38.5. The molecule has 2 heterocycles. The molecule has 1 aromatic heterocycles. The van der Waals surface area contributed by atoms with E-state index in [1.54, 1.807) is 11.8 Å². The van der Waals surface area contributed by atoms with Gasteiger partial charge in [0, 0.05) is 38.7 Å². The van der Waals surface area contributed by atoms with E-state index in [1.165, 1.54) is 35.5 Å². The number of carbonyl (C=O) groups is 2. The molecule has 1 amide bonds. The van der Waals surface area contributed by atoms with Gasteiger partial charge in [-0.1, -0.05) is 24.3 Å². The third-order valence-electron chi connectivity index (χ3n) is 5.64. The fraction of sp³-hybridized carbons (Fsp3) is 0.292. The van der Waals surface area contributed by atoms with Crippen LogP contribution in [0.3, 0.4) is 0 Å². The van der Waals surface area contributed by atoms with E-state index in [1.807, 2.05) is 30.3 Å². The smallest absolute Gasteiger partial charge is 0.338 e. The molecule has 0 radical (unpaired) electrons. The highest BCUT2D eigenvalue weighted by molar-refractivity contribution is 7.89. The predicted molar refractivity (Wildman–Crippen MR) is 123 cm³/mol. The average molecular weight is 484 g/mol. The fourth-order valence-electron chi connectivity index (χ4n) is 3.66. The van der Waals surface area contributed by atoms with Crippen molar-refractivity contribution in [1.82, 2.24) is 14.2 Å². The van der Waals surface area contributed by atoms with Crippen LogP contribution in [0.2, 0.25) is 0 Å². The molecule has 3 aromatic rings. The Kier molecular flexibility index (Phi) is 6.80. The van der Waals surface area contributed by atoms with Gasteiger partial charge in [0.25, 0.3) is 0 Å². The van der Waals surface area contributed by atoms with Crippen LogP contribution in [0.1, 0.15) is 28.7 Å². The number of piperazine rings is 1. The van der Waals surface area contributed by atoms with Crippen molar-refractivity contribution in [3.8, 4) is 11.5 Å². The number of benzene rings is 2. The summed E-state index contributed by atoms with van der Waals surface area (Å²) in [5.74, 6) is 0.219. The van der Waals surface area contributed by atoms with Crippen molar-refractivity contribution in [2.45, 2.75) is 25.3 Å². The van der Waals surface area contributed by atoms with Gasteiger partial charge in [-0.25, -0.2) is 18.2 Å². The van der Waals surface area contributed by atoms with Crippen LogP contribution in [-0.4, -0.2) is 60.7 Å². The van der Waals surface area contributed by atoms with Crippen LogP contribution in [0.25, 0.3) is 11.5 Å². The quantitative estimate of drug-likeness (QED) is 0.496. The van der Waals surface area contributed by atoms with Crippen molar-refractivity contribution < 1.29 is 27.2 Å². The molecule has 0 atom stereocenters. The summed E-state index contributed by atoms with van der Waals surface area (Å²) in [5, 5.41) is 0. The molecule has 10 heteroatoms. The Hall–Kier alpha value is -3.50. The fourth-order valence-corrected chi connectivity index (χ4v) is 5.13. The van der Waals surface area contributed by atoms with Gasteiger partial charge in [-0.3, -0.25) is 4.79 Å². The molecule has 34 heavy (non-hydrogen) atoms. The van der Waals surface area contributed by atoms with Crippen molar-refractivity contribution in [1.29, 1.82) is 0 Å². The SMILES string of the molecule is CC(=O)N1CCN(S(=O)(=O)c2cccc(C(=O)OCc3nc(-c4ccccc4)oc3C)c2)CC1. The summed E-state index contributed by atoms with van der Waals surface area (Å²) in [6.45, 7) is 4.16. The van der Waals surface area contributed by atoms with Gasteiger partial charge in [0.05, 0.1) is 10.5 Å². The van der Waals surface area contributed by atoms with Crippen LogP contribution in [0.15, 0.2) is 63.9 Å². The van der Waals surface area contributed by atoms with E-state index in [9.17, 15) is 18.0 Å². The molecular weight excluding hydrogens is 458 g/mol. The minimum absolute atomic E-state index is 0.00204. The zero-order valence-corrected chi connectivity index (χ0v) is 19.7. The summed E-state index contributed by atoms with van der Waals surface area (Å²) in [5.41, 5.74) is 1.41. The van der Waals surface area contributed by atoms with Crippen molar-refractivity contribution >= 4 is 21.9 Å². The lowest BCUT2D eigenvalue weighted by Crippen LogP contribution is -2.49. The number of hydrogen-bond acceptors (Lipinski definition) is 7. The third kappa shape index (κ3) is 5.02. The molecule has 0 saturated carbocycles. The maximum atomic E-state index is 13.0. The van der Waals surface area contributed by atoms with E-state index in [2.05, 4.69) is 4.98 Å². The Balaban J connectivity index is 1.43. The van der Waals surface area contributed by atoms with Crippen LogP contribution in [0, 0.1) is 6.92 Å². The molecule has 9 nitrogen and oxygen atoms in total.